The summed E-state index contributed by atoms with van der Waals surface area (Å²) in [7, 11) is 0. The topological polar surface area (TPSA) is 44.8 Å². The van der Waals surface area contributed by atoms with E-state index < -0.39 is 0 Å². The lowest BCUT2D eigenvalue weighted by Gasteiger charge is -2.37. The monoisotopic (exact) mass is 311 g/mol. The predicted molar refractivity (Wildman–Crippen MR) is 84.7 cm³/mol. The average Bonchev–Trinajstić information content (AvgIpc) is 2.77. The van der Waals surface area contributed by atoms with Crippen molar-refractivity contribution in [2.24, 2.45) is 0 Å². The molecule has 0 bridgehead atoms. The molecule has 5 nitrogen and oxygen atoms in total. The number of urea groups is 1. The lowest BCUT2D eigenvalue weighted by Crippen LogP contribution is -2.52. The first kappa shape index (κ1) is 13.6. The number of nitrogens with one attached hydrogen (secondary N) is 1. The Morgan fingerprint density at radius 1 is 1.09 bits per heavy atom. The van der Waals surface area contributed by atoms with E-state index in [2.05, 4.69) is 5.32 Å². The van der Waals surface area contributed by atoms with Crippen molar-refractivity contribution >= 4 is 17.4 Å². The van der Waals surface area contributed by atoms with Crippen molar-refractivity contribution in [3.63, 3.8) is 0 Å². The second-order valence-corrected chi connectivity index (χ2v) is 5.22. The van der Waals surface area contributed by atoms with Crippen molar-refractivity contribution in [3.8, 4) is 5.75 Å². The van der Waals surface area contributed by atoms with Crippen LogP contribution in [0.2, 0.25) is 0 Å². The quantitative estimate of drug-likeness (QED) is 0.880. The number of para-hydroxylation sites is 2. The van der Waals surface area contributed by atoms with E-state index in [1.807, 2.05) is 24.3 Å². The Balaban J connectivity index is 1.88. The van der Waals surface area contributed by atoms with Crippen LogP contribution >= 0.6 is 0 Å². The minimum atomic E-state index is -0.337. The van der Waals surface area contributed by atoms with Crippen LogP contribution in [0.15, 0.2) is 54.7 Å². The number of amides is 2. The molecule has 0 aromatic heterocycles. The molecule has 6 heteroatoms. The first-order valence-corrected chi connectivity index (χ1v) is 7.28. The molecular weight excluding hydrogens is 297 g/mol. The summed E-state index contributed by atoms with van der Waals surface area (Å²) in [4.78, 5) is 12.5. The zero-order valence-electron chi connectivity index (χ0n) is 12.2. The number of rotatable bonds is 1. The Kier molecular flexibility index (Phi) is 3.15. The zero-order valence-corrected chi connectivity index (χ0v) is 12.2. The van der Waals surface area contributed by atoms with Gasteiger partial charge in [-0.05, 0) is 30.3 Å². The van der Waals surface area contributed by atoms with Crippen molar-refractivity contribution in [3.05, 3.63) is 66.1 Å². The van der Waals surface area contributed by atoms with Crippen LogP contribution < -0.4 is 20.1 Å². The lowest BCUT2D eigenvalue weighted by atomic mass is 10.1. The summed E-state index contributed by atoms with van der Waals surface area (Å²) in [6.07, 6.45) is 3.56. The van der Waals surface area contributed by atoms with Crippen LogP contribution in [0.25, 0.3) is 0 Å². The number of hydrazine groups is 1. The fraction of sp³-hybridized carbons (Fsp3) is 0.118. The van der Waals surface area contributed by atoms with E-state index in [4.69, 9.17) is 4.74 Å². The third-order valence-corrected chi connectivity index (χ3v) is 3.84. The predicted octanol–water partition coefficient (Wildman–Crippen LogP) is 3.18. The maximum Gasteiger partial charge on any atom is 0.341 e. The first-order valence-electron chi connectivity index (χ1n) is 7.28. The molecular formula is C17H14FN3O2. The van der Waals surface area contributed by atoms with Gasteiger partial charge in [-0.15, -0.1) is 0 Å². The van der Waals surface area contributed by atoms with Gasteiger partial charge < -0.3 is 10.1 Å². The molecule has 1 N–H and O–H groups in total. The first-order chi connectivity index (χ1) is 11.3. The smallest absolute Gasteiger partial charge is 0.341 e. The van der Waals surface area contributed by atoms with E-state index in [0.29, 0.717) is 29.3 Å². The van der Waals surface area contributed by atoms with Crippen molar-refractivity contribution < 1.29 is 13.9 Å². The van der Waals surface area contributed by atoms with Crippen molar-refractivity contribution in [2.75, 3.05) is 16.6 Å². The molecule has 4 rings (SSSR count). The van der Waals surface area contributed by atoms with Gasteiger partial charge in [-0.25, -0.2) is 14.2 Å². The van der Waals surface area contributed by atoms with Crippen molar-refractivity contribution in [2.45, 2.75) is 6.54 Å². The summed E-state index contributed by atoms with van der Waals surface area (Å²) in [6.45, 7) is 0.575. The summed E-state index contributed by atoms with van der Waals surface area (Å²) in [6, 6.07) is 11.8. The molecule has 23 heavy (non-hydrogen) atoms. The molecule has 0 radical (unpaired) electrons. The highest BCUT2D eigenvalue weighted by Gasteiger charge is 2.31. The molecule has 0 spiro atoms. The van der Waals surface area contributed by atoms with E-state index >= 15 is 0 Å². The Morgan fingerprint density at radius 2 is 1.91 bits per heavy atom. The Hall–Kier alpha value is -3.02. The largest absolute Gasteiger partial charge is 0.487 e. The number of fused-ring (bicyclic) bond motifs is 2. The van der Waals surface area contributed by atoms with E-state index in [0.717, 1.165) is 0 Å². The van der Waals surface area contributed by atoms with Gasteiger partial charge in [0, 0.05) is 18.3 Å². The molecule has 0 fully saturated rings. The van der Waals surface area contributed by atoms with Gasteiger partial charge >= 0.3 is 6.03 Å². The number of ether oxygens (including phenoxy) is 1. The van der Waals surface area contributed by atoms with E-state index in [1.54, 1.807) is 29.4 Å². The molecule has 0 atom stereocenters. The van der Waals surface area contributed by atoms with Gasteiger partial charge in [-0.3, -0.25) is 0 Å². The van der Waals surface area contributed by atoms with Gasteiger partial charge in [0.2, 0.25) is 0 Å². The third kappa shape index (κ3) is 2.19. The molecule has 2 amide bonds. The van der Waals surface area contributed by atoms with E-state index in [1.165, 1.54) is 11.1 Å². The number of hydrogen-bond acceptors (Lipinski definition) is 3. The van der Waals surface area contributed by atoms with Crippen LogP contribution in [-0.2, 0) is 6.54 Å². The van der Waals surface area contributed by atoms with Crippen molar-refractivity contribution in [1.29, 1.82) is 0 Å². The number of nitrogens with zero attached hydrogens (tertiary/aromatic N) is 2. The minimum Gasteiger partial charge on any atom is -0.487 e. The third-order valence-electron chi connectivity index (χ3n) is 3.84. The number of carbonyl (C=O) groups is 1. The molecule has 2 aromatic rings. The average molecular weight is 311 g/mol. The van der Waals surface area contributed by atoms with Gasteiger partial charge in [0.05, 0.1) is 5.69 Å². The highest BCUT2D eigenvalue weighted by molar-refractivity contribution is 5.98. The van der Waals surface area contributed by atoms with Crippen LogP contribution in [0.1, 0.15) is 5.56 Å². The minimum absolute atomic E-state index is 0.174. The molecule has 0 saturated heterocycles. The molecule has 0 aliphatic carbocycles. The normalized spacial score (nSPS) is 16.1. The second-order valence-electron chi connectivity index (χ2n) is 5.22. The summed E-state index contributed by atoms with van der Waals surface area (Å²) >= 11 is 0. The fourth-order valence-electron chi connectivity index (χ4n) is 2.79. The maximum absolute atomic E-state index is 14.1. The van der Waals surface area contributed by atoms with E-state index in [-0.39, 0.29) is 18.4 Å². The summed E-state index contributed by atoms with van der Waals surface area (Å²) < 4.78 is 19.7. The maximum atomic E-state index is 14.1. The van der Waals surface area contributed by atoms with Crippen molar-refractivity contribution in [1.82, 2.24) is 5.32 Å². The molecule has 0 unspecified atom stereocenters. The number of carbonyl (C=O) groups excluding carboxylic acids is 1. The van der Waals surface area contributed by atoms with Crippen LogP contribution in [0, 0.1) is 5.82 Å². The van der Waals surface area contributed by atoms with Crippen LogP contribution in [0.3, 0.4) is 0 Å². The van der Waals surface area contributed by atoms with Crippen LogP contribution in [-0.4, -0.2) is 12.6 Å². The standard InChI is InChI=1S/C17H14FN3O2/c18-13-5-3-7-14-12(13)11-19-17(22)21(14)20-9-4-10-23-16-8-2-1-6-15(16)20/h1-9H,10-11H2,(H,19,22). The van der Waals surface area contributed by atoms with Gasteiger partial charge in [0.1, 0.15) is 23.9 Å². The lowest BCUT2D eigenvalue weighted by molar-refractivity contribution is 0.244. The number of hydrogen-bond donors (Lipinski definition) is 1. The zero-order chi connectivity index (χ0) is 15.8. The molecule has 116 valence electrons. The SMILES string of the molecule is O=C1NCc2c(F)cccc2N1N1C=CCOc2ccccc21. The number of halogens is 1. The summed E-state index contributed by atoms with van der Waals surface area (Å²) in [5.41, 5.74) is 1.70. The molecule has 2 aromatic carbocycles. The molecule has 0 saturated carbocycles. The van der Waals surface area contributed by atoms with Gasteiger partial charge in [-0.1, -0.05) is 18.2 Å². The molecule has 2 heterocycles. The molecule has 2 aliphatic heterocycles. The number of anilines is 2. The molecule has 2 aliphatic rings. The van der Waals surface area contributed by atoms with Gasteiger partial charge in [0.15, 0.2) is 0 Å². The Labute approximate surface area is 132 Å². The van der Waals surface area contributed by atoms with Gasteiger partial charge in [-0.2, -0.15) is 5.01 Å². The highest BCUT2D eigenvalue weighted by Crippen LogP contribution is 2.36. The summed E-state index contributed by atoms with van der Waals surface area (Å²) in [5, 5.41) is 5.81. The highest BCUT2D eigenvalue weighted by atomic mass is 19.1. The second kappa shape index (κ2) is 5.31. The Bertz CT molecular complexity index is 806. The summed E-state index contributed by atoms with van der Waals surface area (Å²) in [5.74, 6) is 0.324. The van der Waals surface area contributed by atoms with E-state index in [9.17, 15) is 9.18 Å². The Morgan fingerprint density at radius 3 is 2.83 bits per heavy atom. The van der Waals surface area contributed by atoms with Crippen LogP contribution in [0.5, 0.6) is 5.75 Å². The fourth-order valence-corrected chi connectivity index (χ4v) is 2.79. The van der Waals surface area contributed by atoms with Gasteiger partial charge in [0.25, 0.3) is 0 Å². The number of benzene rings is 2. The van der Waals surface area contributed by atoms with Crippen LogP contribution in [0.4, 0.5) is 20.6 Å².